The lowest BCUT2D eigenvalue weighted by atomic mass is 10.0. The Morgan fingerprint density at radius 2 is 0.739 bits per heavy atom. The number of likely N-dealkylation sites (N-methyl/N-ethyl adjacent to an activating group) is 1. The van der Waals surface area contributed by atoms with Crippen LogP contribution in [0.25, 0.3) is 0 Å². The van der Waals surface area contributed by atoms with E-state index in [4.69, 9.17) is 18.5 Å². The third-order valence-electron chi connectivity index (χ3n) is 13.5. The first-order valence-corrected chi connectivity index (χ1v) is 31.4. The van der Waals surface area contributed by atoms with Crippen LogP contribution in [0.15, 0.2) is 12.2 Å². The second kappa shape index (κ2) is 51.6. The predicted octanol–water partition coefficient (Wildman–Crippen LogP) is 17.8. The minimum atomic E-state index is -4.63. The number of carbonyl (C=O) groups is 2. The van der Waals surface area contributed by atoms with Crippen molar-refractivity contribution in [2.45, 2.75) is 309 Å². The first-order valence-electron chi connectivity index (χ1n) is 29.9. The Hall–Kier alpha value is -1.25. The number of allylic oxidation sites excluding steroid dienone is 2. The molecule has 0 N–H and O–H groups in total. The van der Waals surface area contributed by atoms with Crippen molar-refractivity contribution in [2.24, 2.45) is 0 Å². The van der Waals surface area contributed by atoms with E-state index in [-0.39, 0.29) is 32.0 Å². The van der Waals surface area contributed by atoms with Gasteiger partial charge in [0.25, 0.3) is 7.82 Å². The van der Waals surface area contributed by atoms with Crippen molar-refractivity contribution in [1.29, 1.82) is 0 Å². The van der Waals surface area contributed by atoms with Crippen LogP contribution in [0.1, 0.15) is 303 Å². The summed E-state index contributed by atoms with van der Waals surface area (Å²) in [6.07, 6.45) is 59.8. The Morgan fingerprint density at radius 1 is 0.435 bits per heavy atom. The molecule has 0 aromatic heterocycles. The Bertz CT molecular complexity index is 1180. The lowest BCUT2D eigenvalue weighted by Gasteiger charge is -2.28. The van der Waals surface area contributed by atoms with E-state index >= 15 is 0 Å². The van der Waals surface area contributed by atoms with Gasteiger partial charge in [0.15, 0.2) is 6.10 Å². The lowest BCUT2D eigenvalue weighted by molar-refractivity contribution is -0.870. The number of nitrogens with zero attached hydrogens (tertiary/aromatic N) is 1. The summed E-state index contributed by atoms with van der Waals surface area (Å²) < 4.78 is 34.2. The van der Waals surface area contributed by atoms with Crippen LogP contribution in [0.2, 0.25) is 0 Å². The molecular weight excluding hydrogens is 882 g/mol. The maximum absolute atomic E-state index is 12.8. The van der Waals surface area contributed by atoms with Gasteiger partial charge in [-0.15, -0.1) is 0 Å². The maximum atomic E-state index is 12.8. The molecule has 0 aromatic rings. The summed E-state index contributed by atoms with van der Waals surface area (Å²) in [4.78, 5) is 37.9. The molecule has 0 radical (unpaired) electrons. The smallest absolute Gasteiger partial charge is 0.306 e. The van der Waals surface area contributed by atoms with Gasteiger partial charge in [-0.05, 0) is 38.5 Å². The fourth-order valence-corrected chi connectivity index (χ4v) is 9.62. The fraction of sp³-hybridized carbons (Fsp3) is 0.932. The van der Waals surface area contributed by atoms with Crippen LogP contribution in [0.4, 0.5) is 0 Å². The number of quaternary nitrogens is 1. The quantitative estimate of drug-likeness (QED) is 0.0195. The summed E-state index contributed by atoms with van der Waals surface area (Å²) >= 11 is 0. The number of phosphoric acid groups is 1. The SMILES string of the molecule is CCCCCCCC/C=C\CCCCCCCCCCCC(=O)OC(COC(=O)CCCCCCCCCCCCCCCCCCCCCCCCCCCC)COP(=O)([O-])OCC[N+](C)(C)C. The molecule has 0 aliphatic carbocycles. The first-order chi connectivity index (χ1) is 33.5. The molecule has 2 unspecified atom stereocenters. The molecule has 0 heterocycles. The van der Waals surface area contributed by atoms with Crippen LogP contribution in [-0.2, 0) is 32.7 Å². The minimum Gasteiger partial charge on any atom is -0.756 e. The van der Waals surface area contributed by atoms with Gasteiger partial charge in [0, 0.05) is 12.8 Å². The average Bonchev–Trinajstić information content (AvgIpc) is 3.31. The largest absolute Gasteiger partial charge is 0.756 e. The minimum absolute atomic E-state index is 0.0274. The summed E-state index contributed by atoms with van der Waals surface area (Å²) in [7, 11) is 1.18. The van der Waals surface area contributed by atoms with Crippen LogP contribution < -0.4 is 4.89 Å². The molecule has 0 aromatic carbocycles. The van der Waals surface area contributed by atoms with E-state index in [0.29, 0.717) is 17.4 Å². The molecule has 0 amide bonds. The third kappa shape index (κ3) is 55.9. The van der Waals surface area contributed by atoms with Crippen LogP contribution in [0.5, 0.6) is 0 Å². The van der Waals surface area contributed by atoms with Gasteiger partial charge in [0.2, 0.25) is 0 Å². The normalized spacial score (nSPS) is 13.3. The summed E-state index contributed by atoms with van der Waals surface area (Å²) in [6, 6.07) is 0. The van der Waals surface area contributed by atoms with Crippen molar-refractivity contribution in [3.63, 3.8) is 0 Å². The monoisotopic (exact) mass is 998 g/mol. The number of carbonyl (C=O) groups excluding carboxylic acids is 2. The van der Waals surface area contributed by atoms with E-state index in [2.05, 4.69) is 26.0 Å². The second-order valence-electron chi connectivity index (χ2n) is 21.7. The maximum Gasteiger partial charge on any atom is 0.306 e. The van der Waals surface area contributed by atoms with E-state index in [1.807, 2.05) is 21.1 Å². The van der Waals surface area contributed by atoms with E-state index in [0.717, 1.165) is 38.5 Å². The van der Waals surface area contributed by atoms with Gasteiger partial charge in [-0.2, -0.15) is 0 Å². The number of esters is 2. The molecule has 9 nitrogen and oxygen atoms in total. The Labute approximate surface area is 428 Å². The highest BCUT2D eigenvalue weighted by Crippen LogP contribution is 2.38. The van der Waals surface area contributed by atoms with Gasteiger partial charge in [-0.25, -0.2) is 0 Å². The molecule has 0 fully saturated rings. The third-order valence-corrected chi connectivity index (χ3v) is 14.5. The molecule has 0 aliphatic rings. The first kappa shape index (κ1) is 67.8. The molecule has 410 valence electrons. The topological polar surface area (TPSA) is 111 Å². The molecule has 0 bridgehead atoms. The van der Waals surface area contributed by atoms with E-state index < -0.39 is 26.5 Å². The van der Waals surface area contributed by atoms with Crippen LogP contribution in [0, 0.1) is 0 Å². The molecular formula is C59H116NO8P. The van der Waals surface area contributed by atoms with Crippen LogP contribution in [0.3, 0.4) is 0 Å². The zero-order valence-corrected chi connectivity index (χ0v) is 47.4. The van der Waals surface area contributed by atoms with Crippen LogP contribution in [-0.4, -0.2) is 70.0 Å². The van der Waals surface area contributed by atoms with Gasteiger partial charge in [0.1, 0.15) is 19.8 Å². The van der Waals surface area contributed by atoms with Crippen molar-refractivity contribution in [3.8, 4) is 0 Å². The summed E-state index contributed by atoms with van der Waals surface area (Å²) in [5, 5.41) is 0. The molecule has 0 aliphatic heterocycles. The lowest BCUT2D eigenvalue weighted by Crippen LogP contribution is -2.37. The number of unbranched alkanes of at least 4 members (excludes halogenated alkanes) is 40. The molecule has 69 heavy (non-hydrogen) atoms. The Morgan fingerprint density at radius 3 is 1.07 bits per heavy atom. The zero-order valence-electron chi connectivity index (χ0n) is 46.5. The molecule has 10 heteroatoms. The fourth-order valence-electron chi connectivity index (χ4n) is 8.89. The summed E-state index contributed by atoms with van der Waals surface area (Å²) in [5.74, 6) is -0.816. The Balaban J connectivity index is 4.08. The van der Waals surface area contributed by atoms with E-state index in [1.54, 1.807) is 0 Å². The highest BCUT2D eigenvalue weighted by Gasteiger charge is 2.22. The summed E-state index contributed by atoms with van der Waals surface area (Å²) in [6.45, 7) is 4.29. The Kier molecular flexibility index (Phi) is 50.7. The van der Waals surface area contributed by atoms with Crippen molar-refractivity contribution in [1.82, 2.24) is 0 Å². The highest BCUT2D eigenvalue weighted by molar-refractivity contribution is 7.45. The molecule has 2 atom stereocenters. The van der Waals surface area contributed by atoms with Gasteiger partial charge in [-0.3, -0.25) is 14.2 Å². The van der Waals surface area contributed by atoms with Gasteiger partial charge in [-0.1, -0.05) is 264 Å². The highest BCUT2D eigenvalue weighted by atomic mass is 31.2. The van der Waals surface area contributed by atoms with Crippen molar-refractivity contribution < 1.29 is 42.1 Å². The second-order valence-corrected chi connectivity index (χ2v) is 23.1. The zero-order chi connectivity index (χ0) is 50.6. The van der Waals surface area contributed by atoms with Gasteiger partial charge >= 0.3 is 11.9 Å². The number of hydrogen-bond donors (Lipinski definition) is 0. The predicted molar refractivity (Wildman–Crippen MR) is 292 cm³/mol. The van der Waals surface area contributed by atoms with E-state index in [1.165, 1.54) is 231 Å². The van der Waals surface area contributed by atoms with Crippen molar-refractivity contribution in [2.75, 3.05) is 47.5 Å². The van der Waals surface area contributed by atoms with Crippen LogP contribution >= 0.6 is 7.82 Å². The molecule has 0 saturated carbocycles. The standard InChI is InChI=1S/C59H116NO8P/c1-6-8-10-12-14-16-18-20-22-24-26-27-28-29-30-31-32-34-35-37-39-41-43-45-47-49-51-58(61)65-55-57(56-67-69(63,64)66-54-53-60(3,4)5)68-59(62)52-50-48-46-44-42-40-38-36-33-25-23-21-19-17-15-13-11-9-7-2/h21,23,57H,6-20,22,24-56H2,1-5H3/b23-21-. The number of rotatable bonds is 56. The van der Waals surface area contributed by atoms with Crippen molar-refractivity contribution in [3.05, 3.63) is 12.2 Å². The number of phosphoric ester groups is 1. The van der Waals surface area contributed by atoms with Crippen molar-refractivity contribution >= 4 is 19.8 Å². The molecule has 0 spiro atoms. The number of hydrogen-bond acceptors (Lipinski definition) is 8. The van der Waals surface area contributed by atoms with E-state index in [9.17, 15) is 19.0 Å². The molecule has 0 rings (SSSR count). The van der Waals surface area contributed by atoms with Gasteiger partial charge in [0.05, 0.1) is 27.7 Å². The summed E-state index contributed by atoms with van der Waals surface area (Å²) in [5.41, 5.74) is 0. The molecule has 0 saturated heterocycles. The van der Waals surface area contributed by atoms with Gasteiger partial charge < -0.3 is 27.9 Å². The average molecular weight is 999 g/mol. The number of ether oxygens (including phenoxy) is 2.